The van der Waals surface area contributed by atoms with Crippen molar-refractivity contribution in [1.82, 2.24) is 9.97 Å². The SMILES string of the molecule is FC(F)(F)CCCCCCCCCc1ccccc1Sc1c[nH]c2cccnc12. The molecule has 0 atom stereocenters. The van der Waals surface area contributed by atoms with Crippen LogP contribution < -0.4 is 0 Å². The number of aromatic amines is 1. The van der Waals surface area contributed by atoms with Gasteiger partial charge in [0.1, 0.15) is 5.52 Å². The van der Waals surface area contributed by atoms with Crippen molar-refractivity contribution >= 4 is 22.8 Å². The lowest BCUT2D eigenvalue weighted by atomic mass is 10.0. The highest BCUT2D eigenvalue weighted by atomic mass is 32.2. The Hall–Kier alpha value is -1.95. The largest absolute Gasteiger partial charge is 0.389 e. The number of hydrogen-bond donors (Lipinski definition) is 1. The molecule has 0 saturated heterocycles. The van der Waals surface area contributed by atoms with Gasteiger partial charge in [0.25, 0.3) is 0 Å². The van der Waals surface area contributed by atoms with E-state index < -0.39 is 12.6 Å². The zero-order valence-electron chi connectivity index (χ0n) is 16.5. The normalized spacial score (nSPS) is 12.0. The summed E-state index contributed by atoms with van der Waals surface area (Å²) < 4.78 is 36.3. The fourth-order valence-corrected chi connectivity index (χ4v) is 4.52. The van der Waals surface area contributed by atoms with E-state index in [-0.39, 0.29) is 6.42 Å². The van der Waals surface area contributed by atoms with E-state index in [1.54, 1.807) is 11.8 Å². The van der Waals surface area contributed by atoms with Gasteiger partial charge in [-0.2, -0.15) is 13.2 Å². The summed E-state index contributed by atoms with van der Waals surface area (Å²) in [6.45, 7) is 0. The van der Waals surface area contributed by atoms with Crippen LogP contribution in [-0.4, -0.2) is 16.1 Å². The van der Waals surface area contributed by atoms with Gasteiger partial charge in [-0.05, 0) is 43.0 Å². The van der Waals surface area contributed by atoms with Crippen molar-refractivity contribution in [3.63, 3.8) is 0 Å². The van der Waals surface area contributed by atoms with Crippen LogP contribution in [0.2, 0.25) is 0 Å². The molecule has 0 unspecified atom stereocenters. The average Bonchev–Trinajstić information content (AvgIpc) is 3.10. The number of nitrogens with zero attached hydrogens (tertiary/aromatic N) is 1. The standard InChI is InChI=1S/C23H27F3N2S/c24-23(25,26)15-9-5-3-1-2-4-6-11-18-12-7-8-14-20(18)29-21-17-28-19-13-10-16-27-22(19)21/h7-8,10,12-14,16-17,28H,1-6,9,11,15H2. The number of benzene rings is 1. The summed E-state index contributed by atoms with van der Waals surface area (Å²) in [6.07, 6.45) is 6.37. The predicted octanol–water partition coefficient (Wildman–Crippen LogP) is 7.94. The lowest BCUT2D eigenvalue weighted by Gasteiger charge is -2.09. The second-order valence-corrected chi connectivity index (χ2v) is 8.44. The Labute approximate surface area is 174 Å². The van der Waals surface area contributed by atoms with Crippen LogP contribution >= 0.6 is 11.8 Å². The zero-order valence-corrected chi connectivity index (χ0v) is 17.3. The van der Waals surface area contributed by atoms with E-state index in [0.29, 0.717) is 6.42 Å². The summed E-state index contributed by atoms with van der Waals surface area (Å²) in [6, 6.07) is 12.4. The first-order chi connectivity index (χ1) is 14.0. The van der Waals surface area contributed by atoms with Crippen molar-refractivity contribution in [2.75, 3.05) is 0 Å². The molecule has 156 valence electrons. The molecule has 0 aliphatic rings. The highest BCUT2D eigenvalue weighted by Gasteiger charge is 2.25. The Morgan fingerprint density at radius 1 is 0.828 bits per heavy atom. The molecule has 0 spiro atoms. The number of pyridine rings is 1. The zero-order chi connectivity index (χ0) is 20.5. The van der Waals surface area contributed by atoms with Gasteiger partial charge in [0, 0.05) is 23.7 Å². The molecule has 0 fully saturated rings. The molecular formula is C23H27F3N2S. The van der Waals surface area contributed by atoms with Crippen LogP contribution in [-0.2, 0) is 6.42 Å². The number of aryl methyl sites for hydroxylation is 1. The monoisotopic (exact) mass is 420 g/mol. The van der Waals surface area contributed by atoms with E-state index in [2.05, 4.69) is 34.2 Å². The van der Waals surface area contributed by atoms with Crippen molar-refractivity contribution in [2.24, 2.45) is 0 Å². The van der Waals surface area contributed by atoms with Gasteiger partial charge < -0.3 is 4.98 Å². The minimum absolute atomic E-state index is 0.261. The fraction of sp³-hybridized carbons (Fsp3) is 0.435. The number of unbranched alkanes of at least 4 members (excludes halogenated alkanes) is 6. The number of rotatable bonds is 11. The topological polar surface area (TPSA) is 28.7 Å². The van der Waals surface area contributed by atoms with E-state index in [1.807, 2.05) is 24.5 Å². The van der Waals surface area contributed by atoms with E-state index in [9.17, 15) is 13.2 Å². The molecular weight excluding hydrogens is 393 g/mol. The number of H-pyrrole nitrogens is 1. The first kappa shape index (κ1) is 21.8. The molecule has 0 amide bonds. The maximum absolute atomic E-state index is 12.1. The lowest BCUT2D eigenvalue weighted by molar-refractivity contribution is -0.135. The molecule has 3 aromatic rings. The molecule has 2 heterocycles. The molecule has 0 bridgehead atoms. The third-order valence-corrected chi connectivity index (χ3v) is 6.15. The third-order valence-electron chi connectivity index (χ3n) is 5.00. The Bertz CT molecular complexity index is 889. The smallest absolute Gasteiger partial charge is 0.359 e. The van der Waals surface area contributed by atoms with Crippen LogP contribution in [0, 0.1) is 0 Å². The van der Waals surface area contributed by atoms with E-state index in [4.69, 9.17) is 0 Å². The Morgan fingerprint density at radius 2 is 1.55 bits per heavy atom. The number of alkyl halides is 3. The van der Waals surface area contributed by atoms with E-state index in [0.717, 1.165) is 54.5 Å². The highest BCUT2D eigenvalue weighted by Crippen LogP contribution is 2.35. The maximum atomic E-state index is 12.1. The van der Waals surface area contributed by atoms with Crippen molar-refractivity contribution in [3.05, 3.63) is 54.4 Å². The fourth-order valence-electron chi connectivity index (χ4n) is 3.46. The van der Waals surface area contributed by atoms with Gasteiger partial charge in [-0.1, -0.05) is 62.1 Å². The van der Waals surface area contributed by atoms with Crippen LogP contribution in [0.5, 0.6) is 0 Å². The lowest BCUT2D eigenvalue weighted by Crippen LogP contribution is -2.06. The molecule has 0 saturated carbocycles. The van der Waals surface area contributed by atoms with Gasteiger partial charge in [-0.3, -0.25) is 4.98 Å². The Balaban J connectivity index is 1.41. The number of fused-ring (bicyclic) bond motifs is 1. The Morgan fingerprint density at radius 3 is 2.34 bits per heavy atom. The van der Waals surface area contributed by atoms with E-state index in [1.165, 1.54) is 10.5 Å². The van der Waals surface area contributed by atoms with Gasteiger partial charge in [-0.25, -0.2) is 0 Å². The molecule has 2 aromatic heterocycles. The summed E-state index contributed by atoms with van der Waals surface area (Å²) in [5, 5.41) is 0. The first-order valence-corrected chi connectivity index (χ1v) is 11.1. The Kier molecular flexibility index (Phi) is 8.04. The van der Waals surface area contributed by atoms with Crippen molar-refractivity contribution in [2.45, 2.75) is 73.8 Å². The quantitative estimate of drug-likeness (QED) is 0.319. The average molecular weight is 421 g/mol. The number of nitrogens with one attached hydrogen (secondary N) is 1. The molecule has 1 N–H and O–H groups in total. The number of aromatic nitrogens is 2. The molecule has 3 rings (SSSR count). The molecule has 29 heavy (non-hydrogen) atoms. The van der Waals surface area contributed by atoms with Gasteiger partial charge in [0.15, 0.2) is 0 Å². The van der Waals surface area contributed by atoms with Crippen molar-refractivity contribution in [3.8, 4) is 0 Å². The van der Waals surface area contributed by atoms with Crippen LogP contribution in [0.1, 0.15) is 56.9 Å². The second-order valence-electron chi connectivity index (χ2n) is 7.35. The van der Waals surface area contributed by atoms with Gasteiger partial charge in [-0.15, -0.1) is 0 Å². The summed E-state index contributed by atoms with van der Waals surface area (Å²) in [4.78, 5) is 10.1. The van der Waals surface area contributed by atoms with Gasteiger partial charge in [0.2, 0.25) is 0 Å². The third kappa shape index (κ3) is 7.11. The van der Waals surface area contributed by atoms with E-state index >= 15 is 0 Å². The molecule has 6 heteroatoms. The summed E-state index contributed by atoms with van der Waals surface area (Å²) in [5.41, 5.74) is 3.38. The summed E-state index contributed by atoms with van der Waals surface area (Å²) in [5.74, 6) is 0. The van der Waals surface area contributed by atoms with Crippen molar-refractivity contribution in [1.29, 1.82) is 0 Å². The molecule has 0 radical (unpaired) electrons. The van der Waals surface area contributed by atoms with Gasteiger partial charge in [0.05, 0.1) is 10.4 Å². The minimum atomic E-state index is -4.01. The van der Waals surface area contributed by atoms with Crippen LogP contribution in [0.25, 0.3) is 11.0 Å². The highest BCUT2D eigenvalue weighted by molar-refractivity contribution is 7.99. The molecule has 2 nitrogen and oxygen atoms in total. The van der Waals surface area contributed by atoms with Crippen LogP contribution in [0.15, 0.2) is 58.6 Å². The predicted molar refractivity (Wildman–Crippen MR) is 113 cm³/mol. The molecule has 0 aliphatic heterocycles. The minimum Gasteiger partial charge on any atom is -0.359 e. The molecule has 1 aromatic carbocycles. The van der Waals surface area contributed by atoms with Crippen LogP contribution in [0.3, 0.4) is 0 Å². The summed E-state index contributed by atoms with van der Waals surface area (Å²) >= 11 is 1.74. The van der Waals surface area contributed by atoms with Crippen molar-refractivity contribution < 1.29 is 13.2 Å². The maximum Gasteiger partial charge on any atom is 0.389 e. The van der Waals surface area contributed by atoms with Gasteiger partial charge >= 0.3 is 6.18 Å². The number of hydrogen-bond acceptors (Lipinski definition) is 2. The number of halogens is 3. The molecule has 0 aliphatic carbocycles. The second kappa shape index (κ2) is 10.7. The van der Waals surface area contributed by atoms with Crippen LogP contribution in [0.4, 0.5) is 13.2 Å². The summed E-state index contributed by atoms with van der Waals surface area (Å²) in [7, 11) is 0. The first-order valence-electron chi connectivity index (χ1n) is 10.3.